The third-order valence-corrected chi connectivity index (χ3v) is 6.12. The Labute approximate surface area is 177 Å². The third kappa shape index (κ3) is 3.90. The summed E-state index contributed by atoms with van der Waals surface area (Å²) < 4.78 is 19.0. The van der Waals surface area contributed by atoms with E-state index < -0.39 is 17.6 Å². The Balaban J connectivity index is 1.74. The van der Waals surface area contributed by atoms with E-state index in [1.54, 1.807) is 0 Å². The summed E-state index contributed by atoms with van der Waals surface area (Å²) in [7, 11) is 0. The van der Waals surface area contributed by atoms with Crippen molar-refractivity contribution < 1.29 is 18.7 Å². The molecular formula is C21H18ClFN2O3S. The molecule has 0 saturated carbocycles. The SMILES string of the molecule is Cc1ccc(SC2=C(N3CCOCC3)C(=O)N(c3ccc(F)c(Cl)c3)C2=O)cc1. The molecule has 2 aliphatic rings. The first-order valence-electron chi connectivity index (χ1n) is 9.11. The largest absolute Gasteiger partial charge is 0.378 e. The molecule has 0 bridgehead atoms. The quantitative estimate of drug-likeness (QED) is 0.683. The van der Waals surface area contributed by atoms with Gasteiger partial charge in [0, 0.05) is 18.0 Å². The van der Waals surface area contributed by atoms with Crippen molar-refractivity contribution in [3.63, 3.8) is 0 Å². The van der Waals surface area contributed by atoms with Gasteiger partial charge in [0.2, 0.25) is 0 Å². The monoisotopic (exact) mass is 432 g/mol. The molecule has 4 rings (SSSR count). The normalized spacial score (nSPS) is 17.5. The molecule has 2 aromatic carbocycles. The van der Waals surface area contributed by atoms with Gasteiger partial charge >= 0.3 is 0 Å². The average Bonchev–Trinajstić information content (AvgIpc) is 2.96. The van der Waals surface area contributed by atoms with Crippen LogP contribution in [0.4, 0.5) is 10.1 Å². The number of amides is 2. The molecule has 2 amide bonds. The van der Waals surface area contributed by atoms with Crippen LogP contribution in [0.3, 0.4) is 0 Å². The molecule has 0 spiro atoms. The number of halogens is 2. The fourth-order valence-electron chi connectivity index (χ4n) is 3.24. The Morgan fingerprint density at radius 3 is 2.38 bits per heavy atom. The summed E-state index contributed by atoms with van der Waals surface area (Å²) in [5, 5.41) is -0.143. The fourth-order valence-corrected chi connectivity index (χ4v) is 4.41. The van der Waals surface area contributed by atoms with E-state index in [2.05, 4.69) is 0 Å². The Morgan fingerprint density at radius 1 is 1.03 bits per heavy atom. The van der Waals surface area contributed by atoms with Gasteiger partial charge < -0.3 is 9.64 Å². The zero-order valence-corrected chi connectivity index (χ0v) is 17.2. The van der Waals surface area contributed by atoms with Gasteiger partial charge in [-0.3, -0.25) is 9.59 Å². The van der Waals surface area contributed by atoms with Gasteiger partial charge in [0.25, 0.3) is 11.8 Å². The van der Waals surface area contributed by atoms with Gasteiger partial charge in [0.1, 0.15) is 16.4 Å². The van der Waals surface area contributed by atoms with Gasteiger partial charge in [-0.1, -0.05) is 41.1 Å². The number of rotatable bonds is 4. The molecule has 5 nitrogen and oxygen atoms in total. The van der Waals surface area contributed by atoms with Crippen LogP contribution in [-0.4, -0.2) is 43.0 Å². The highest BCUT2D eigenvalue weighted by molar-refractivity contribution is 8.04. The van der Waals surface area contributed by atoms with E-state index in [0.29, 0.717) is 36.9 Å². The predicted octanol–water partition coefficient (Wildman–Crippen LogP) is 4.00. The lowest BCUT2D eigenvalue weighted by molar-refractivity contribution is -0.121. The first-order valence-corrected chi connectivity index (χ1v) is 10.3. The summed E-state index contributed by atoms with van der Waals surface area (Å²) in [5.74, 6) is -1.48. The Bertz CT molecular complexity index is 1000. The fraction of sp³-hybridized carbons (Fsp3) is 0.238. The van der Waals surface area contributed by atoms with Crippen molar-refractivity contribution in [3.05, 3.63) is 69.5 Å². The van der Waals surface area contributed by atoms with Crippen LogP contribution >= 0.6 is 23.4 Å². The number of imide groups is 1. The molecule has 8 heteroatoms. The zero-order valence-electron chi connectivity index (χ0n) is 15.7. The number of hydrogen-bond donors (Lipinski definition) is 0. The second kappa shape index (κ2) is 8.18. The minimum atomic E-state index is -0.606. The molecule has 150 valence electrons. The highest BCUT2D eigenvalue weighted by Gasteiger charge is 2.42. The van der Waals surface area contributed by atoms with E-state index in [9.17, 15) is 14.0 Å². The number of carbonyl (C=O) groups is 2. The number of morpholine rings is 1. The highest BCUT2D eigenvalue weighted by Crippen LogP contribution is 2.39. The van der Waals surface area contributed by atoms with Crippen LogP contribution in [0.2, 0.25) is 5.02 Å². The van der Waals surface area contributed by atoms with Crippen LogP contribution in [0, 0.1) is 12.7 Å². The van der Waals surface area contributed by atoms with E-state index in [-0.39, 0.29) is 10.7 Å². The standard InChI is InChI=1S/C21H18ClFN2O3S/c1-13-2-5-15(6-3-13)29-19-18(24-8-10-28-11-9-24)20(26)25(21(19)27)14-4-7-17(23)16(22)12-14/h2-7,12H,8-11H2,1H3. The Morgan fingerprint density at radius 2 is 1.72 bits per heavy atom. The first kappa shape index (κ1) is 19.9. The summed E-state index contributed by atoms with van der Waals surface area (Å²) in [4.78, 5) is 30.7. The lowest BCUT2D eigenvalue weighted by Crippen LogP contribution is -2.40. The Kier molecular flexibility index (Phi) is 5.63. The number of ether oxygens (including phenoxy) is 1. The van der Waals surface area contributed by atoms with Gasteiger partial charge in [-0.2, -0.15) is 0 Å². The van der Waals surface area contributed by atoms with Crippen molar-refractivity contribution >= 4 is 40.9 Å². The molecule has 0 aliphatic carbocycles. The van der Waals surface area contributed by atoms with Crippen molar-refractivity contribution in [3.8, 4) is 0 Å². The zero-order chi connectivity index (χ0) is 20.5. The molecule has 2 aromatic rings. The number of nitrogens with zero attached hydrogens (tertiary/aromatic N) is 2. The number of thioether (sulfide) groups is 1. The number of aryl methyl sites for hydroxylation is 1. The molecule has 1 saturated heterocycles. The van der Waals surface area contributed by atoms with Crippen LogP contribution in [-0.2, 0) is 14.3 Å². The van der Waals surface area contributed by atoms with Crippen molar-refractivity contribution in [2.45, 2.75) is 11.8 Å². The van der Waals surface area contributed by atoms with E-state index in [0.717, 1.165) is 21.4 Å². The summed E-state index contributed by atoms with van der Waals surface area (Å²) in [6, 6.07) is 11.6. The molecule has 0 unspecified atom stereocenters. The third-order valence-electron chi connectivity index (χ3n) is 4.75. The second-order valence-electron chi connectivity index (χ2n) is 6.74. The lowest BCUT2D eigenvalue weighted by Gasteiger charge is -2.29. The maximum absolute atomic E-state index is 13.6. The van der Waals surface area contributed by atoms with Crippen molar-refractivity contribution in [1.82, 2.24) is 4.90 Å². The molecule has 0 N–H and O–H groups in total. The highest BCUT2D eigenvalue weighted by atomic mass is 35.5. The maximum atomic E-state index is 13.6. The molecule has 29 heavy (non-hydrogen) atoms. The number of benzene rings is 2. The summed E-state index contributed by atoms with van der Waals surface area (Å²) in [6.45, 7) is 3.98. The Hall–Kier alpha value is -2.35. The maximum Gasteiger partial charge on any atom is 0.283 e. The summed E-state index contributed by atoms with van der Waals surface area (Å²) in [6.07, 6.45) is 0. The minimum absolute atomic E-state index is 0.143. The van der Waals surface area contributed by atoms with Crippen LogP contribution < -0.4 is 4.90 Å². The van der Waals surface area contributed by atoms with Crippen LogP contribution in [0.1, 0.15) is 5.56 Å². The molecule has 0 atom stereocenters. The predicted molar refractivity (Wildman–Crippen MR) is 110 cm³/mol. The first-order chi connectivity index (χ1) is 14.0. The number of carbonyl (C=O) groups excluding carboxylic acids is 2. The van der Waals surface area contributed by atoms with E-state index >= 15 is 0 Å². The molecule has 0 radical (unpaired) electrons. The molecule has 2 aliphatic heterocycles. The van der Waals surface area contributed by atoms with E-state index in [1.165, 1.54) is 23.9 Å². The summed E-state index contributed by atoms with van der Waals surface area (Å²) in [5.41, 5.74) is 1.70. The molecule has 0 aromatic heterocycles. The van der Waals surface area contributed by atoms with Crippen molar-refractivity contribution in [2.24, 2.45) is 0 Å². The van der Waals surface area contributed by atoms with Gasteiger partial charge in [0.05, 0.1) is 23.9 Å². The topological polar surface area (TPSA) is 49.9 Å². The minimum Gasteiger partial charge on any atom is -0.378 e. The number of anilines is 1. The van der Waals surface area contributed by atoms with Gasteiger partial charge in [-0.25, -0.2) is 9.29 Å². The molecule has 2 heterocycles. The molecule has 1 fully saturated rings. The van der Waals surface area contributed by atoms with E-state index in [1.807, 2.05) is 36.1 Å². The van der Waals surface area contributed by atoms with Crippen molar-refractivity contribution in [1.29, 1.82) is 0 Å². The van der Waals surface area contributed by atoms with Gasteiger partial charge in [0.15, 0.2) is 0 Å². The van der Waals surface area contributed by atoms with Crippen LogP contribution in [0.5, 0.6) is 0 Å². The average molecular weight is 433 g/mol. The summed E-state index contributed by atoms with van der Waals surface area (Å²) >= 11 is 7.14. The van der Waals surface area contributed by atoms with Crippen LogP contribution in [0.25, 0.3) is 0 Å². The van der Waals surface area contributed by atoms with Crippen LogP contribution in [0.15, 0.2) is 58.0 Å². The number of hydrogen-bond acceptors (Lipinski definition) is 5. The van der Waals surface area contributed by atoms with E-state index in [4.69, 9.17) is 16.3 Å². The molecular weight excluding hydrogens is 415 g/mol. The van der Waals surface area contributed by atoms with Gasteiger partial charge in [-0.15, -0.1) is 0 Å². The second-order valence-corrected chi connectivity index (χ2v) is 8.23. The van der Waals surface area contributed by atoms with Crippen molar-refractivity contribution in [2.75, 3.05) is 31.2 Å². The lowest BCUT2D eigenvalue weighted by atomic mass is 10.2. The smallest absolute Gasteiger partial charge is 0.283 e. The van der Waals surface area contributed by atoms with Gasteiger partial charge in [-0.05, 0) is 37.3 Å².